The van der Waals surface area contributed by atoms with E-state index in [0.717, 1.165) is 39.0 Å². The standard InChI is InChI=1S/C21H20N2O2S/c1-13-7-8-16-15(12-25-18(16)9-13)11-20(24)22-14(2)10-21-23-17-5-3-4-6-19(17)26-21/h3-9,12,14H,10-11H2,1-2H3,(H,22,24). The normalized spacial score (nSPS) is 12.5. The Morgan fingerprint density at radius 1 is 1.27 bits per heavy atom. The molecule has 0 bridgehead atoms. The molecule has 1 unspecified atom stereocenters. The Labute approximate surface area is 155 Å². The van der Waals surface area contributed by atoms with Gasteiger partial charge in [-0.25, -0.2) is 4.98 Å². The minimum atomic E-state index is 0.00175. The van der Waals surface area contributed by atoms with Crippen LogP contribution >= 0.6 is 11.3 Å². The first-order valence-electron chi connectivity index (χ1n) is 8.69. The summed E-state index contributed by atoms with van der Waals surface area (Å²) >= 11 is 1.68. The van der Waals surface area contributed by atoms with Crippen molar-refractivity contribution in [3.05, 3.63) is 64.9 Å². The van der Waals surface area contributed by atoms with Crippen LogP contribution in [0.25, 0.3) is 21.2 Å². The first-order valence-corrected chi connectivity index (χ1v) is 9.50. The largest absolute Gasteiger partial charge is 0.464 e. The molecule has 4 nitrogen and oxygen atoms in total. The van der Waals surface area contributed by atoms with E-state index in [1.54, 1.807) is 17.6 Å². The number of aromatic nitrogens is 1. The van der Waals surface area contributed by atoms with Gasteiger partial charge in [-0.05, 0) is 37.6 Å². The quantitative estimate of drug-likeness (QED) is 0.561. The zero-order chi connectivity index (χ0) is 18.1. The highest BCUT2D eigenvalue weighted by molar-refractivity contribution is 7.18. The third-order valence-corrected chi connectivity index (χ3v) is 5.45. The summed E-state index contributed by atoms with van der Waals surface area (Å²) in [5.41, 5.74) is 3.92. The Bertz CT molecular complexity index is 1050. The molecule has 0 radical (unpaired) electrons. The monoisotopic (exact) mass is 364 g/mol. The smallest absolute Gasteiger partial charge is 0.224 e. The minimum Gasteiger partial charge on any atom is -0.464 e. The molecule has 2 aromatic heterocycles. The topological polar surface area (TPSA) is 55.1 Å². The molecule has 132 valence electrons. The van der Waals surface area contributed by atoms with Crippen LogP contribution in [0.2, 0.25) is 0 Å². The number of carbonyl (C=O) groups is 1. The molecule has 0 spiro atoms. The highest BCUT2D eigenvalue weighted by Gasteiger charge is 2.14. The number of para-hydroxylation sites is 1. The lowest BCUT2D eigenvalue weighted by Crippen LogP contribution is -2.35. The predicted molar refractivity (Wildman–Crippen MR) is 106 cm³/mol. The van der Waals surface area contributed by atoms with E-state index in [2.05, 4.69) is 16.4 Å². The highest BCUT2D eigenvalue weighted by Crippen LogP contribution is 2.24. The second-order valence-electron chi connectivity index (χ2n) is 6.69. The van der Waals surface area contributed by atoms with Crippen LogP contribution in [0.4, 0.5) is 0 Å². The number of rotatable bonds is 5. The zero-order valence-electron chi connectivity index (χ0n) is 14.8. The summed E-state index contributed by atoms with van der Waals surface area (Å²) in [4.78, 5) is 17.1. The van der Waals surface area contributed by atoms with Crippen molar-refractivity contribution in [1.82, 2.24) is 10.3 Å². The third kappa shape index (κ3) is 3.48. The molecule has 1 amide bonds. The van der Waals surface area contributed by atoms with Crippen molar-refractivity contribution in [2.45, 2.75) is 32.7 Å². The molecule has 2 heterocycles. The lowest BCUT2D eigenvalue weighted by Gasteiger charge is -2.12. The SMILES string of the molecule is Cc1ccc2c(CC(=O)NC(C)Cc3nc4ccccc4s3)coc2c1. The van der Waals surface area contributed by atoms with Crippen LogP contribution in [-0.2, 0) is 17.6 Å². The van der Waals surface area contributed by atoms with Crippen molar-refractivity contribution < 1.29 is 9.21 Å². The van der Waals surface area contributed by atoms with E-state index in [-0.39, 0.29) is 11.9 Å². The summed E-state index contributed by atoms with van der Waals surface area (Å²) in [5.74, 6) is 0.00175. The van der Waals surface area contributed by atoms with Crippen LogP contribution in [0.15, 0.2) is 53.1 Å². The van der Waals surface area contributed by atoms with Gasteiger partial charge in [0.15, 0.2) is 0 Å². The highest BCUT2D eigenvalue weighted by atomic mass is 32.1. The fraction of sp³-hybridized carbons (Fsp3) is 0.238. The molecule has 4 rings (SSSR count). The summed E-state index contributed by atoms with van der Waals surface area (Å²) < 4.78 is 6.76. The summed E-state index contributed by atoms with van der Waals surface area (Å²) in [6.45, 7) is 4.04. The van der Waals surface area contributed by atoms with Crippen molar-refractivity contribution in [3.8, 4) is 0 Å². The van der Waals surface area contributed by atoms with Crippen molar-refractivity contribution >= 4 is 38.4 Å². The molecule has 1 N–H and O–H groups in total. The lowest BCUT2D eigenvalue weighted by molar-refractivity contribution is -0.121. The van der Waals surface area contributed by atoms with Gasteiger partial charge in [0.2, 0.25) is 5.91 Å². The Balaban J connectivity index is 1.40. The van der Waals surface area contributed by atoms with E-state index in [0.29, 0.717) is 6.42 Å². The summed E-state index contributed by atoms with van der Waals surface area (Å²) in [7, 11) is 0. The molecule has 4 aromatic rings. The first-order chi connectivity index (χ1) is 12.6. The maximum Gasteiger partial charge on any atom is 0.224 e. The number of benzene rings is 2. The fourth-order valence-electron chi connectivity index (χ4n) is 3.15. The number of thiazole rings is 1. The number of amides is 1. The molecule has 5 heteroatoms. The van der Waals surface area contributed by atoms with Gasteiger partial charge >= 0.3 is 0 Å². The second-order valence-corrected chi connectivity index (χ2v) is 7.80. The summed E-state index contributed by atoms with van der Waals surface area (Å²) in [6.07, 6.45) is 2.73. The summed E-state index contributed by atoms with van der Waals surface area (Å²) in [5, 5.41) is 5.12. The number of nitrogens with one attached hydrogen (secondary N) is 1. The van der Waals surface area contributed by atoms with Crippen molar-refractivity contribution in [2.24, 2.45) is 0 Å². The van der Waals surface area contributed by atoms with Gasteiger partial charge in [0.05, 0.1) is 27.9 Å². The number of carbonyl (C=O) groups excluding carboxylic acids is 1. The van der Waals surface area contributed by atoms with Crippen LogP contribution < -0.4 is 5.32 Å². The van der Waals surface area contributed by atoms with E-state index in [9.17, 15) is 4.79 Å². The van der Waals surface area contributed by atoms with Crippen molar-refractivity contribution in [2.75, 3.05) is 0 Å². The molecule has 0 aliphatic carbocycles. The molecule has 0 saturated carbocycles. The van der Waals surface area contributed by atoms with Gasteiger partial charge in [-0.1, -0.05) is 24.3 Å². The second kappa shape index (κ2) is 6.92. The molecular weight excluding hydrogens is 344 g/mol. The van der Waals surface area contributed by atoms with E-state index in [1.165, 1.54) is 4.70 Å². The predicted octanol–water partition coefficient (Wildman–Crippen LogP) is 4.64. The number of nitrogens with zero attached hydrogens (tertiary/aromatic N) is 1. The van der Waals surface area contributed by atoms with E-state index in [4.69, 9.17) is 4.42 Å². The molecule has 0 aliphatic heterocycles. The van der Waals surface area contributed by atoms with Crippen LogP contribution in [0.3, 0.4) is 0 Å². The molecule has 0 saturated heterocycles. The number of furan rings is 1. The molecule has 0 fully saturated rings. The molecule has 1 atom stereocenters. The minimum absolute atomic E-state index is 0.00175. The Morgan fingerprint density at radius 3 is 2.96 bits per heavy atom. The Morgan fingerprint density at radius 2 is 2.12 bits per heavy atom. The molecular formula is C21H20N2O2S. The van der Waals surface area contributed by atoms with Crippen molar-refractivity contribution in [3.63, 3.8) is 0 Å². The van der Waals surface area contributed by atoms with Gasteiger partial charge < -0.3 is 9.73 Å². The van der Waals surface area contributed by atoms with E-state index < -0.39 is 0 Å². The summed E-state index contributed by atoms with van der Waals surface area (Å²) in [6, 6.07) is 14.2. The van der Waals surface area contributed by atoms with Gasteiger partial charge in [-0.3, -0.25) is 4.79 Å². The van der Waals surface area contributed by atoms with E-state index >= 15 is 0 Å². The fourth-order valence-corrected chi connectivity index (χ4v) is 4.24. The first kappa shape index (κ1) is 16.8. The van der Waals surface area contributed by atoms with Crippen LogP contribution in [-0.4, -0.2) is 16.9 Å². The number of hydrogen-bond acceptors (Lipinski definition) is 4. The van der Waals surface area contributed by atoms with Gasteiger partial charge in [0, 0.05) is 23.4 Å². The molecule has 2 aromatic carbocycles. The molecule has 0 aliphatic rings. The van der Waals surface area contributed by atoms with Gasteiger partial charge in [-0.15, -0.1) is 11.3 Å². The number of fused-ring (bicyclic) bond motifs is 2. The van der Waals surface area contributed by atoms with Crippen molar-refractivity contribution in [1.29, 1.82) is 0 Å². The lowest BCUT2D eigenvalue weighted by atomic mass is 10.1. The maximum absolute atomic E-state index is 12.4. The number of hydrogen-bond donors (Lipinski definition) is 1. The van der Waals surface area contributed by atoms with E-state index in [1.807, 2.05) is 50.2 Å². The number of aryl methyl sites for hydroxylation is 1. The zero-order valence-corrected chi connectivity index (χ0v) is 15.6. The average Bonchev–Trinajstić information content (AvgIpc) is 3.17. The van der Waals surface area contributed by atoms with Gasteiger partial charge in [-0.2, -0.15) is 0 Å². The maximum atomic E-state index is 12.4. The van der Waals surface area contributed by atoms with Crippen LogP contribution in [0.1, 0.15) is 23.1 Å². The molecule has 26 heavy (non-hydrogen) atoms. The Kier molecular flexibility index (Phi) is 4.47. The van der Waals surface area contributed by atoms with Gasteiger partial charge in [0.1, 0.15) is 5.58 Å². The van der Waals surface area contributed by atoms with Crippen LogP contribution in [0.5, 0.6) is 0 Å². The van der Waals surface area contributed by atoms with Gasteiger partial charge in [0.25, 0.3) is 0 Å². The third-order valence-electron chi connectivity index (χ3n) is 4.39. The average molecular weight is 364 g/mol. The Hall–Kier alpha value is -2.66. The van der Waals surface area contributed by atoms with Crippen LogP contribution in [0, 0.1) is 6.92 Å².